The maximum absolute atomic E-state index is 12.8. The largest absolute Gasteiger partial charge is 0.337 e. The number of rotatable bonds is 3. The third kappa shape index (κ3) is 3.35. The van der Waals surface area contributed by atoms with Gasteiger partial charge in [0.25, 0.3) is 5.91 Å². The highest BCUT2D eigenvalue weighted by molar-refractivity contribution is 7.12. The molecule has 22 heavy (non-hydrogen) atoms. The van der Waals surface area contributed by atoms with Crippen molar-refractivity contribution in [2.24, 2.45) is 0 Å². The van der Waals surface area contributed by atoms with E-state index in [1.165, 1.54) is 16.9 Å². The van der Waals surface area contributed by atoms with Crippen molar-refractivity contribution >= 4 is 29.7 Å². The fourth-order valence-corrected chi connectivity index (χ4v) is 3.63. The van der Waals surface area contributed by atoms with Crippen molar-refractivity contribution in [3.63, 3.8) is 0 Å². The molecule has 2 aromatic rings. The smallest absolute Gasteiger partial charge is 0.264 e. The van der Waals surface area contributed by atoms with Gasteiger partial charge in [-0.05, 0) is 36.9 Å². The van der Waals surface area contributed by atoms with Crippen LogP contribution in [0.3, 0.4) is 0 Å². The minimum absolute atomic E-state index is 0. The van der Waals surface area contributed by atoms with E-state index in [1.54, 1.807) is 0 Å². The average Bonchev–Trinajstić information content (AvgIpc) is 3.17. The van der Waals surface area contributed by atoms with E-state index in [1.807, 2.05) is 23.4 Å². The molecule has 2 heterocycles. The molecule has 0 bridgehead atoms. The van der Waals surface area contributed by atoms with Crippen molar-refractivity contribution in [1.29, 1.82) is 0 Å². The fourth-order valence-electron chi connectivity index (χ4n) is 2.73. The molecule has 0 aliphatic carbocycles. The zero-order valence-corrected chi connectivity index (χ0v) is 14.5. The molecule has 5 heteroatoms. The number of benzene rings is 1. The van der Waals surface area contributed by atoms with Crippen LogP contribution in [0.5, 0.6) is 0 Å². The first-order valence-electron chi connectivity index (χ1n) is 7.29. The van der Waals surface area contributed by atoms with E-state index in [2.05, 4.69) is 36.5 Å². The summed E-state index contributed by atoms with van der Waals surface area (Å²) in [4.78, 5) is 15.5. The monoisotopic (exact) mass is 336 g/mol. The van der Waals surface area contributed by atoms with Crippen LogP contribution in [0, 0.1) is 6.92 Å². The third-order valence-electron chi connectivity index (χ3n) is 4.12. The summed E-state index contributed by atoms with van der Waals surface area (Å²) in [6.45, 7) is 3.97. The van der Waals surface area contributed by atoms with Crippen molar-refractivity contribution in [2.75, 3.05) is 20.1 Å². The molecule has 3 nitrogen and oxygen atoms in total. The molecule has 3 rings (SSSR count). The summed E-state index contributed by atoms with van der Waals surface area (Å²) in [6, 6.07) is 10.7. The second kappa shape index (κ2) is 7.27. The fraction of sp³-hybridized carbons (Fsp3) is 0.353. The number of hydrogen-bond donors (Lipinski definition) is 1. The number of aryl methyl sites for hydroxylation is 1. The van der Waals surface area contributed by atoms with E-state index in [4.69, 9.17) is 0 Å². The van der Waals surface area contributed by atoms with Crippen molar-refractivity contribution < 1.29 is 4.79 Å². The van der Waals surface area contributed by atoms with Gasteiger partial charge in [0.05, 0.1) is 4.88 Å². The van der Waals surface area contributed by atoms with E-state index >= 15 is 0 Å². The molecule has 1 atom stereocenters. The molecule has 1 amide bonds. The van der Waals surface area contributed by atoms with Gasteiger partial charge in [0, 0.05) is 25.2 Å². The third-order valence-corrected chi connectivity index (χ3v) is 5.03. The molecule has 1 aromatic heterocycles. The van der Waals surface area contributed by atoms with Gasteiger partial charge < -0.3 is 10.2 Å². The van der Waals surface area contributed by atoms with Crippen LogP contribution >= 0.6 is 23.7 Å². The molecular formula is C17H21ClN2OS. The number of likely N-dealkylation sites (N-methyl/N-ethyl adjacent to an activating group) is 1. The number of nitrogens with zero attached hydrogens (tertiary/aromatic N) is 1. The van der Waals surface area contributed by atoms with Gasteiger partial charge in [0.1, 0.15) is 0 Å². The van der Waals surface area contributed by atoms with Crippen LogP contribution < -0.4 is 5.32 Å². The lowest BCUT2D eigenvalue weighted by Gasteiger charge is -2.23. The van der Waals surface area contributed by atoms with Crippen LogP contribution in [-0.4, -0.2) is 37.0 Å². The Bertz CT molecular complexity index is 632. The average molecular weight is 337 g/mol. The summed E-state index contributed by atoms with van der Waals surface area (Å²) in [5.41, 5.74) is 3.39. The van der Waals surface area contributed by atoms with Gasteiger partial charge in [0.15, 0.2) is 0 Å². The van der Waals surface area contributed by atoms with Gasteiger partial charge in [-0.25, -0.2) is 0 Å². The Balaban J connectivity index is 0.00000176. The summed E-state index contributed by atoms with van der Waals surface area (Å²) >= 11 is 1.53. The lowest BCUT2D eigenvalue weighted by atomic mass is 10.0. The lowest BCUT2D eigenvalue weighted by molar-refractivity contribution is 0.0749. The van der Waals surface area contributed by atoms with E-state index in [0.717, 1.165) is 35.5 Å². The second-order valence-electron chi connectivity index (χ2n) is 5.59. The van der Waals surface area contributed by atoms with E-state index in [0.29, 0.717) is 6.04 Å². The van der Waals surface area contributed by atoms with Gasteiger partial charge in [-0.1, -0.05) is 29.8 Å². The molecule has 1 N–H and O–H groups in total. The zero-order valence-electron chi connectivity index (χ0n) is 12.8. The highest BCUT2D eigenvalue weighted by Crippen LogP contribution is 2.30. The van der Waals surface area contributed by atoms with E-state index in [-0.39, 0.29) is 18.3 Å². The minimum atomic E-state index is 0. The van der Waals surface area contributed by atoms with Crippen molar-refractivity contribution in [3.05, 3.63) is 46.2 Å². The zero-order chi connectivity index (χ0) is 14.8. The van der Waals surface area contributed by atoms with Crippen LogP contribution in [-0.2, 0) is 0 Å². The van der Waals surface area contributed by atoms with Gasteiger partial charge in [0.2, 0.25) is 0 Å². The molecule has 1 unspecified atom stereocenters. The molecule has 0 saturated carbocycles. The summed E-state index contributed by atoms with van der Waals surface area (Å²) in [7, 11) is 1.92. The predicted molar refractivity (Wildman–Crippen MR) is 95.1 cm³/mol. The van der Waals surface area contributed by atoms with Crippen LogP contribution in [0.1, 0.15) is 21.7 Å². The van der Waals surface area contributed by atoms with Crippen LogP contribution in [0.15, 0.2) is 35.7 Å². The van der Waals surface area contributed by atoms with Crippen LogP contribution in [0.2, 0.25) is 0 Å². The SMILES string of the molecule is Cc1ccc(-c2ccsc2C(=O)N(C)C2CCNC2)cc1.Cl. The van der Waals surface area contributed by atoms with E-state index < -0.39 is 0 Å². The van der Waals surface area contributed by atoms with Crippen LogP contribution in [0.25, 0.3) is 11.1 Å². The Kier molecular flexibility index (Phi) is 5.62. The normalized spacial score (nSPS) is 17.1. The number of thiophene rings is 1. The Hall–Kier alpha value is -1.36. The molecule has 1 saturated heterocycles. The maximum atomic E-state index is 12.8. The number of amides is 1. The molecule has 118 valence electrons. The maximum Gasteiger partial charge on any atom is 0.264 e. The number of halogens is 1. The first kappa shape index (κ1) is 17.0. The second-order valence-corrected chi connectivity index (χ2v) is 6.51. The predicted octanol–water partition coefficient (Wildman–Crippen LogP) is 3.58. The van der Waals surface area contributed by atoms with Gasteiger partial charge in [-0.15, -0.1) is 23.7 Å². The number of carbonyl (C=O) groups is 1. The quantitative estimate of drug-likeness (QED) is 0.929. The Morgan fingerprint density at radius 2 is 2.00 bits per heavy atom. The molecule has 0 spiro atoms. The Morgan fingerprint density at radius 1 is 1.27 bits per heavy atom. The lowest BCUT2D eigenvalue weighted by Crippen LogP contribution is -2.38. The number of hydrogen-bond acceptors (Lipinski definition) is 3. The highest BCUT2D eigenvalue weighted by Gasteiger charge is 2.26. The summed E-state index contributed by atoms with van der Waals surface area (Å²) in [6.07, 6.45) is 1.04. The number of carbonyl (C=O) groups excluding carboxylic acids is 1. The molecule has 1 fully saturated rings. The minimum Gasteiger partial charge on any atom is -0.337 e. The first-order chi connectivity index (χ1) is 10.2. The summed E-state index contributed by atoms with van der Waals surface area (Å²) < 4.78 is 0. The summed E-state index contributed by atoms with van der Waals surface area (Å²) in [5.74, 6) is 0.134. The van der Waals surface area contributed by atoms with E-state index in [9.17, 15) is 4.79 Å². The van der Waals surface area contributed by atoms with Gasteiger partial charge in [-0.2, -0.15) is 0 Å². The summed E-state index contributed by atoms with van der Waals surface area (Å²) in [5, 5.41) is 5.32. The molecule has 1 aliphatic rings. The first-order valence-corrected chi connectivity index (χ1v) is 8.17. The Morgan fingerprint density at radius 3 is 2.64 bits per heavy atom. The van der Waals surface area contributed by atoms with Crippen molar-refractivity contribution in [1.82, 2.24) is 10.2 Å². The number of nitrogens with one attached hydrogen (secondary N) is 1. The highest BCUT2D eigenvalue weighted by atomic mass is 35.5. The topological polar surface area (TPSA) is 32.3 Å². The van der Waals surface area contributed by atoms with Crippen LogP contribution in [0.4, 0.5) is 0 Å². The molecule has 1 aliphatic heterocycles. The standard InChI is InChI=1S/C17H20N2OS.ClH/c1-12-3-5-13(6-4-12)15-8-10-21-16(15)17(20)19(2)14-7-9-18-11-14;/h3-6,8,10,14,18H,7,9,11H2,1-2H3;1H. The van der Waals surface area contributed by atoms with Gasteiger partial charge >= 0.3 is 0 Å². The van der Waals surface area contributed by atoms with Crippen molar-refractivity contribution in [2.45, 2.75) is 19.4 Å². The molecule has 1 aromatic carbocycles. The van der Waals surface area contributed by atoms with Gasteiger partial charge in [-0.3, -0.25) is 4.79 Å². The Labute approximate surface area is 141 Å². The van der Waals surface area contributed by atoms with Crippen molar-refractivity contribution in [3.8, 4) is 11.1 Å². The molecular weight excluding hydrogens is 316 g/mol. The molecule has 0 radical (unpaired) electrons.